The van der Waals surface area contributed by atoms with Crippen molar-refractivity contribution in [3.63, 3.8) is 0 Å². The Kier molecular flexibility index (Phi) is 4.24. The van der Waals surface area contributed by atoms with Crippen LogP contribution in [0.1, 0.15) is 64.2 Å². The number of nitrogens with zero attached hydrogens (tertiary/aromatic N) is 2. The molecule has 2 aliphatic carbocycles. The topological polar surface area (TPSA) is 79.4 Å². The summed E-state index contributed by atoms with van der Waals surface area (Å²) in [7, 11) is -3.56. The quantitative estimate of drug-likeness (QED) is 0.747. The summed E-state index contributed by atoms with van der Waals surface area (Å²) in [5, 5.41) is 8.40. The monoisotopic (exact) mass is 285 g/mol. The summed E-state index contributed by atoms with van der Waals surface area (Å²) in [6.07, 6.45) is 7.17. The van der Waals surface area contributed by atoms with Crippen LogP contribution in [0.4, 0.5) is 0 Å². The van der Waals surface area contributed by atoms with Gasteiger partial charge in [-0.3, -0.25) is 0 Å². The molecule has 106 valence electrons. The van der Waals surface area contributed by atoms with Crippen LogP contribution in [-0.2, 0) is 14.6 Å². The fourth-order valence-corrected chi connectivity index (χ4v) is 6.26. The summed E-state index contributed by atoms with van der Waals surface area (Å²) in [5.41, 5.74) is 0. The van der Waals surface area contributed by atoms with Crippen molar-refractivity contribution >= 4 is 15.7 Å². The zero-order valence-corrected chi connectivity index (χ0v) is 12.0. The van der Waals surface area contributed by atoms with Gasteiger partial charge in [-0.05, 0) is 25.7 Å². The lowest BCUT2D eigenvalue weighted by Crippen LogP contribution is -2.51. The largest absolute Gasteiger partial charge is 0.581 e. The van der Waals surface area contributed by atoms with E-state index in [-0.39, 0.29) is 0 Å². The van der Waals surface area contributed by atoms with E-state index in [9.17, 15) is 13.2 Å². The van der Waals surface area contributed by atoms with E-state index in [4.69, 9.17) is 5.39 Å². The Bertz CT molecular complexity index is 481. The van der Waals surface area contributed by atoms with Crippen LogP contribution in [0.15, 0.2) is 0 Å². The number of rotatable bonds is 3. The Morgan fingerprint density at radius 1 is 1.00 bits per heavy atom. The fraction of sp³-hybridized carbons (Fsp3) is 0.923. The van der Waals surface area contributed by atoms with Crippen molar-refractivity contribution in [2.45, 2.75) is 74.2 Å². The van der Waals surface area contributed by atoms with Crippen molar-refractivity contribution in [1.29, 1.82) is 5.39 Å². The first kappa shape index (κ1) is 14.4. The average molecular weight is 285 g/mol. The number of carbonyl (C=O) groups excluding carboxylic acids is 1. The molecule has 0 atom stereocenters. The molecule has 6 heteroatoms. The minimum Gasteiger partial charge on any atom is -0.227 e. The van der Waals surface area contributed by atoms with Crippen molar-refractivity contribution in [1.82, 2.24) is 0 Å². The van der Waals surface area contributed by atoms with E-state index in [0.717, 1.165) is 25.7 Å². The Morgan fingerprint density at radius 3 is 2.05 bits per heavy atom. The predicted molar refractivity (Wildman–Crippen MR) is 71.7 cm³/mol. The summed E-state index contributed by atoms with van der Waals surface area (Å²) >= 11 is 0. The second kappa shape index (κ2) is 5.58. The first-order chi connectivity index (χ1) is 9.04. The number of sulfone groups is 1. The van der Waals surface area contributed by atoms with Crippen molar-refractivity contribution in [3.8, 4) is 0 Å². The first-order valence-electron chi connectivity index (χ1n) is 7.17. The van der Waals surface area contributed by atoms with Crippen LogP contribution >= 0.6 is 0 Å². The van der Waals surface area contributed by atoms with Gasteiger partial charge < -0.3 is 0 Å². The maximum atomic E-state index is 12.9. The van der Waals surface area contributed by atoms with Gasteiger partial charge in [-0.1, -0.05) is 38.5 Å². The van der Waals surface area contributed by atoms with Crippen molar-refractivity contribution in [2.75, 3.05) is 0 Å². The molecule has 2 aliphatic rings. The molecule has 19 heavy (non-hydrogen) atoms. The SMILES string of the molecule is N#[N+]C(=O)C1(S(=O)(=O)C2CCCCC2)CCCCC1. The van der Waals surface area contributed by atoms with Gasteiger partial charge in [-0.15, -0.1) is 0 Å². The molecule has 0 bridgehead atoms. The summed E-state index contributed by atoms with van der Waals surface area (Å²) in [4.78, 5) is 14.7. The normalized spacial score (nSPS) is 24.6. The third kappa shape index (κ3) is 2.40. The summed E-state index contributed by atoms with van der Waals surface area (Å²) in [6, 6.07) is 0. The molecule has 0 spiro atoms. The molecular weight excluding hydrogens is 264 g/mol. The van der Waals surface area contributed by atoms with E-state index < -0.39 is 25.7 Å². The molecule has 0 saturated heterocycles. The Morgan fingerprint density at radius 2 is 1.53 bits per heavy atom. The Labute approximate surface area is 114 Å². The standard InChI is InChI=1S/C13H21N2O3S/c14-15-12(16)13(9-5-2-6-10-13)19(17,18)11-7-3-1-4-8-11/h11H,1-10H2/q+1. The van der Waals surface area contributed by atoms with Crippen LogP contribution < -0.4 is 0 Å². The summed E-state index contributed by atoms with van der Waals surface area (Å²) < 4.78 is 24.3. The second-order valence-electron chi connectivity index (χ2n) is 5.77. The van der Waals surface area contributed by atoms with Crippen LogP contribution in [0, 0.1) is 5.39 Å². The molecule has 0 aromatic heterocycles. The Balaban J connectivity index is 2.36. The van der Waals surface area contributed by atoms with Crippen molar-refractivity contribution in [2.24, 2.45) is 0 Å². The minimum atomic E-state index is -3.56. The molecule has 2 saturated carbocycles. The highest BCUT2D eigenvalue weighted by Gasteiger charge is 2.60. The molecule has 2 fully saturated rings. The molecular formula is C13H21N2O3S+. The van der Waals surface area contributed by atoms with Gasteiger partial charge >= 0.3 is 5.91 Å². The van der Waals surface area contributed by atoms with Crippen LogP contribution in [0.5, 0.6) is 0 Å². The molecule has 0 radical (unpaired) electrons. The molecule has 2 rings (SSSR count). The predicted octanol–water partition coefficient (Wildman–Crippen LogP) is 2.82. The van der Waals surface area contributed by atoms with Gasteiger partial charge in [0.25, 0.3) is 0 Å². The minimum absolute atomic E-state index is 0.314. The molecule has 0 N–H and O–H groups in total. The van der Waals surface area contributed by atoms with E-state index in [1.807, 2.05) is 0 Å². The van der Waals surface area contributed by atoms with Gasteiger partial charge in [0, 0.05) is 0 Å². The third-order valence-electron chi connectivity index (χ3n) is 4.68. The maximum absolute atomic E-state index is 12.9. The van der Waals surface area contributed by atoms with Crippen LogP contribution in [0.25, 0.3) is 4.98 Å². The highest BCUT2D eigenvalue weighted by molar-refractivity contribution is 7.94. The van der Waals surface area contributed by atoms with Crippen LogP contribution in [-0.4, -0.2) is 24.3 Å². The highest BCUT2D eigenvalue weighted by atomic mass is 32.2. The molecule has 0 aromatic carbocycles. The lowest BCUT2D eigenvalue weighted by Gasteiger charge is -2.33. The number of hydrogen-bond acceptors (Lipinski definition) is 4. The zero-order chi connectivity index (χ0) is 13.9. The number of carbonyl (C=O) groups is 1. The third-order valence-corrected chi connectivity index (χ3v) is 7.70. The lowest BCUT2D eigenvalue weighted by atomic mass is 9.88. The maximum Gasteiger partial charge on any atom is 0.581 e. The van der Waals surface area contributed by atoms with E-state index in [2.05, 4.69) is 4.98 Å². The van der Waals surface area contributed by atoms with Gasteiger partial charge in [0.15, 0.2) is 9.84 Å². The van der Waals surface area contributed by atoms with Crippen LogP contribution in [0.3, 0.4) is 0 Å². The molecule has 0 unspecified atom stereocenters. The van der Waals surface area contributed by atoms with Gasteiger partial charge in [-0.2, -0.15) is 4.79 Å². The van der Waals surface area contributed by atoms with E-state index in [1.165, 1.54) is 0 Å². The van der Waals surface area contributed by atoms with Crippen molar-refractivity contribution < 1.29 is 13.2 Å². The van der Waals surface area contributed by atoms with Gasteiger partial charge in [0.05, 0.1) is 5.25 Å². The molecule has 1 amide bonds. The van der Waals surface area contributed by atoms with Crippen LogP contribution in [0.2, 0.25) is 0 Å². The number of hydrogen-bond donors (Lipinski definition) is 0. The van der Waals surface area contributed by atoms with Gasteiger partial charge in [-0.25, -0.2) is 8.42 Å². The fourth-order valence-electron chi connectivity index (χ4n) is 3.53. The van der Waals surface area contributed by atoms with E-state index in [1.54, 1.807) is 0 Å². The lowest BCUT2D eigenvalue weighted by molar-refractivity contribution is -0.118. The van der Waals surface area contributed by atoms with E-state index >= 15 is 0 Å². The van der Waals surface area contributed by atoms with Crippen molar-refractivity contribution in [3.05, 3.63) is 4.98 Å². The molecule has 0 aliphatic heterocycles. The zero-order valence-electron chi connectivity index (χ0n) is 11.2. The number of diazo groups is 1. The van der Waals surface area contributed by atoms with Gasteiger partial charge in [0.1, 0.15) is 0 Å². The summed E-state index contributed by atoms with van der Waals surface area (Å²) in [5.74, 6) is -0.849. The first-order valence-corrected chi connectivity index (χ1v) is 8.72. The van der Waals surface area contributed by atoms with Gasteiger partial charge in [0.2, 0.25) is 15.1 Å². The van der Waals surface area contributed by atoms with E-state index in [0.29, 0.717) is 38.5 Å². The molecule has 0 aromatic rings. The second-order valence-corrected chi connectivity index (χ2v) is 8.30. The summed E-state index contributed by atoms with van der Waals surface area (Å²) in [6.45, 7) is 0. The molecule has 5 nitrogen and oxygen atoms in total. The highest BCUT2D eigenvalue weighted by Crippen LogP contribution is 2.41. The number of amides is 1. The Hall–Kier alpha value is -0.960. The smallest absolute Gasteiger partial charge is 0.227 e. The molecule has 0 heterocycles. The average Bonchev–Trinajstić information content (AvgIpc) is 2.47.